The Bertz CT molecular complexity index is 507. The normalized spacial score (nSPS) is 22.2. The lowest BCUT2D eigenvalue weighted by Gasteiger charge is -2.32. The molecule has 0 saturated heterocycles. The molecule has 1 aromatic rings. The van der Waals surface area contributed by atoms with Gasteiger partial charge in [-0.2, -0.15) is 0 Å². The van der Waals surface area contributed by atoms with Crippen molar-refractivity contribution in [3.63, 3.8) is 0 Å². The lowest BCUT2D eigenvalue weighted by Crippen LogP contribution is -2.45. The van der Waals surface area contributed by atoms with Gasteiger partial charge in [0.25, 0.3) is 0 Å². The van der Waals surface area contributed by atoms with Gasteiger partial charge in [-0.3, -0.25) is 0 Å². The van der Waals surface area contributed by atoms with Gasteiger partial charge in [0.05, 0.1) is 12.1 Å². The number of hydrogen-bond acceptors (Lipinski definition) is 3. The van der Waals surface area contributed by atoms with Gasteiger partial charge in [-0.05, 0) is 32.5 Å². The second kappa shape index (κ2) is 9.04. The Morgan fingerprint density at radius 3 is 2.50 bits per heavy atom. The summed E-state index contributed by atoms with van der Waals surface area (Å²) in [5.41, 5.74) is 1.19. The van der Waals surface area contributed by atoms with Gasteiger partial charge < -0.3 is 20.2 Å². The number of urea groups is 1. The van der Waals surface area contributed by atoms with Crippen LogP contribution in [-0.4, -0.2) is 61.3 Å². The lowest BCUT2D eigenvalue weighted by atomic mass is 9.86. The van der Waals surface area contributed by atoms with Crippen molar-refractivity contribution in [1.82, 2.24) is 15.1 Å². The van der Waals surface area contributed by atoms with Crippen LogP contribution in [0.15, 0.2) is 30.3 Å². The third-order valence-electron chi connectivity index (χ3n) is 4.98. The Morgan fingerprint density at radius 2 is 1.88 bits per heavy atom. The largest absolute Gasteiger partial charge is 0.393 e. The molecule has 0 bridgehead atoms. The number of benzene rings is 1. The number of aliphatic hydroxyl groups is 1. The number of rotatable bonds is 6. The van der Waals surface area contributed by atoms with E-state index in [0.717, 1.165) is 25.7 Å². The van der Waals surface area contributed by atoms with Crippen LogP contribution in [0.2, 0.25) is 0 Å². The van der Waals surface area contributed by atoms with E-state index in [1.807, 2.05) is 39.3 Å². The highest BCUT2D eigenvalue weighted by molar-refractivity contribution is 5.73. The fraction of sp³-hybridized carbons (Fsp3) is 0.632. The number of nitrogens with zero attached hydrogens (tertiary/aromatic N) is 2. The number of carbonyl (C=O) groups excluding carboxylic acids is 1. The molecule has 1 aliphatic carbocycles. The fourth-order valence-corrected chi connectivity index (χ4v) is 3.43. The predicted molar refractivity (Wildman–Crippen MR) is 96.9 cm³/mol. The van der Waals surface area contributed by atoms with Crippen molar-refractivity contribution < 1.29 is 9.90 Å². The molecule has 1 saturated carbocycles. The zero-order valence-corrected chi connectivity index (χ0v) is 15.1. The molecule has 2 rings (SSSR count). The third-order valence-corrected chi connectivity index (χ3v) is 4.98. The second-order valence-electron chi connectivity index (χ2n) is 7.07. The first kappa shape index (κ1) is 18.7. The zero-order chi connectivity index (χ0) is 17.5. The number of likely N-dealkylation sites (N-methyl/N-ethyl adjacent to an activating group) is 1. The molecule has 24 heavy (non-hydrogen) atoms. The summed E-state index contributed by atoms with van der Waals surface area (Å²) < 4.78 is 0. The number of hydrogen-bond donors (Lipinski definition) is 2. The molecule has 3 unspecified atom stereocenters. The van der Waals surface area contributed by atoms with Gasteiger partial charge in [-0.1, -0.05) is 43.2 Å². The maximum atomic E-state index is 12.4. The molecule has 1 aromatic carbocycles. The first-order chi connectivity index (χ1) is 11.5. The molecule has 0 heterocycles. The summed E-state index contributed by atoms with van der Waals surface area (Å²) in [6.07, 6.45) is 3.83. The lowest BCUT2D eigenvalue weighted by molar-refractivity contribution is 0.0564. The van der Waals surface area contributed by atoms with E-state index in [-0.39, 0.29) is 24.1 Å². The van der Waals surface area contributed by atoms with E-state index in [1.54, 1.807) is 4.90 Å². The fourth-order valence-electron chi connectivity index (χ4n) is 3.43. The van der Waals surface area contributed by atoms with E-state index in [1.165, 1.54) is 5.56 Å². The first-order valence-electron chi connectivity index (χ1n) is 8.87. The summed E-state index contributed by atoms with van der Waals surface area (Å²) in [4.78, 5) is 16.2. The predicted octanol–water partition coefficient (Wildman–Crippen LogP) is 2.48. The van der Waals surface area contributed by atoms with Crippen molar-refractivity contribution in [3.05, 3.63) is 35.9 Å². The Kier molecular flexibility index (Phi) is 7.06. The van der Waals surface area contributed by atoms with Crippen LogP contribution >= 0.6 is 0 Å². The van der Waals surface area contributed by atoms with Crippen molar-refractivity contribution in [2.45, 2.75) is 37.8 Å². The molecular weight excluding hydrogens is 302 g/mol. The second-order valence-corrected chi connectivity index (χ2v) is 7.07. The molecule has 3 atom stereocenters. The Morgan fingerprint density at radius 1 is 1.21 bits per heavy atom. The molecule has 5 nitrogen and oxygen atoms in total. The highest BCUT2D eigenvalue weighted by Gasteiger charge is 2.26. The number of carbonyl (C=O) groups is 1. The molecule has 5 heteroatoms. The molecule has 2 amide bonds. The number of amides is 2. The van der Waals surface area contributed by atoms with Gasteiger partial charge in [0.1, 0.15) is 0 Å². The Labute approximate surface area is 145 Å². The third kappa shape index (κ3) is 5.21. The van der Waals surface area contributed by atoms with Gasteiger partial charge in [0.2, 0.25) is 0 Å². The van der Waals surface area contributed by atoms with Gasteiger partial charge in [0, 0.05) is 26.1 Å². The van der Waals surface area contributed by atoms with E-state index in [4.69, 9.17) is 0 Å². The molecule has 2 N–H and O–H groups in total. The molecular formula is C19H31N3O2. The molecule has 1 fully saturated rings. The van der Waals surface area contributed by atoms with Crippen LogP contribution in [0.25, 0.3) is 0 Å². The minimum atomic E-state index is -0.271. The maximum absolute atomic E-state index is 12.4. The van der Waals surface area contributed by atoms with Crippen LogP contribution in [0, 0.1) is 5.92 Å². The Balaban J connectivity index is 1.86. The monoisotopic (exact) mass is 333 g/mol. The molecule has 0 radical (unpaired) electrons. The SMILES string of the molecule is CN(CC1CCCCC1O)C(=O)NCC(c1ccccc1)N(C)C. The average molecular weight is 333 g/mol. The van der Waals surface area contributed by atoms with Crippen LogP contribution in [0.4, 0.5) is 4.79 Å². The van der Waals surface area contributed by atoms with Gasteiger partial charge >= 0.3 is 6.03 Å². The van der Waals surface area contributed by atoms with Crippen LogP contribution in [0.5, 0.6) is 0 Å². The van der Waals surface area contributed by atoms with E-state index in [2.05, 4.69) is 22.3 Å². The van der Waals surface area contributed by atoms with Crippen molar-refractivity contribution in [2.75, 3.05) is 34.2 Å². The van der Waals surface area contributed by atoms with Crippen LogP contribution in [0.1, 0.15) is 37.3 Å². The summed E-state index contributed by atoms with van der Waals surface area (Å²) in [6, 6.07) is 10.3. The highest BCUT2D eigenvalue weighted by atomic mass is 16.3. The highest BCUT2D eigenvalue weighted by Crippen LogP contribution is 2.25. The summed E-state index contributed by atoms with van der Waals surface area (Å²) in [5, 5.41) is 13.1. The minimum Gasteiger partial charge on any atom is -0.393 e. The molecule has 134 valence electrons. The molecule has 1 aliphatic rings. The summed E-state index contributed by atoms with van der Waals surface area (Å²) in [7, 11) is 5.85. The van der Waals surface area contributed by atoms with Gasteiger partial charge in [-0.15, -0.1) is 0 Å². The first-order valence-corrected chi connectivity index (χ1v) is 8.87. The van der Waals surface area contributed by atoms with E-state index >= 15 is 0 Å². The maximum Gasteiger partial charge on any atom is 0.317 e. The summed E-state index contributed by atoms with van der Waals surface area (Å²) in [6.45, 7) is 1.18. The van der Waals surface area contributed by atoms with Crippen molar-refractivity contribution in [3.8, 4) is 0 Å². The average Bonchev–Trinajstić information content (AvgIpc) is 2.57. The van der Waals surface area contributed by atoms with Crippen molar-refractivity contribution in [2.24, 2.45) is 5.92 Å². The van der Waals surface area contributed by atoms with Crippen LogP contribution < -0.4 is 5.32 Å². The molecule has 0 aliphatic heterocycles. The quantitative estimate of drug-likeness (QED) is 0.841. The van der Waals surface area contributed by atoms with Crippen LogP contribution in [-0.2, 0) is 0 Å². The summed E-state index contributed by atoms with van der Waals surface area (Å²) in [5.74, 6) is 0.202. The topological polar surface area (TPSA) is 55.8 Å². The van der Waals surface area contributed by atoms with Crippen LogP contribution in [0.3, 0.4) is 0 Å². The molecule has 0 aromatic heterocycles. The standard InChI is InChI=1S/C19H31N3O2/c1-21(2)17(15-9-5-4-6-10-15)13-20-19(24)22(3)14-16-11-7-8-12-18(16)23/h4-6,9-10,16-18,23H,7-8,11-14H2,1-3H3,(H,20,24). The van der Waals surface area contributed by atoms with Crippen molar-refractivity contribution in [1.29, 1.82) is 0 Å². The van der Waals surface area contributed by atoms with E-state index in [0.29, 0.717) is 13.1 Å². The van der Waals surface area contributed by atoms with E-state index < -0.39 is 0 Å². The van der Waals surface area contributed by atoms with Gasteiger partial charge in [-0.25, -0.2) is 4.79 Å². The smallest absolute Gasteiger partial charge is 0.317 e. The zero-order valence-electron chi connectivity index (χ0n) is 15.1. The minimum absolute atomic E-state index is 0.0736. The van der Waals surface area contributed by atoms with Gasteiger partial charge in [0.15, 0.2) is 0 Å². The summed E-state index contributed by atoms with van der Waals surface area (Å²) >= 11 is 0. The van der Waals surface area contributed by atoms with E-state index in [9.17, 15) is 9.90 Å². The number of nitrogens with one attached hydrogen (secondary N) is 1. The number of aliphatic hydroxyl groups excluding tert-OH is 1. The molecule has 0 spiro atoms. The Hall–Kier alpha value is -1.59. The van der Waals surface area contributed by atoms with Crippen molar-refractivity contribution >= 4 is 6.03 Å².